The van der Waals surface area contributed by atoms with Crippen LogP contribution in [-0.4, -0.2) is 11.1 Å². The van der Waals surface area contributed by atoms with E-state index in [1.165, 1.54) is 23.9 Å². The van der Waals surface area contributed by atoms with E-state index in [0.717, 1.165) is 17.0 Å². The van der Waals surface area contributed by atoms with Crippen LogP contribution in [0.1, 0.15) is 18.4 Å². The van der Waals surface area contributed by atoms with Gasteiger partial charge in [0.05, 0.1) is 10.5 Å². The number of fused-ring (bicyclic) bond motifs is 1. The fraction of sp³-hybridized carbons (Fsp3) is 0.385. The number of halogens is 1. The van der Waals surface area contributed by atoms with E-state index in [1.54, 1.807) is 0 Å². The molecule has 0 amide bonds. The fourth-order valence-electron chi connectivity index (χ4n) is 2.58. The van der Waals surface area contributed by atoms with E-state index < -0.39 is 0 Å². The first-order valence-electron chi connectivity index (χ1n) is 5.62. The lowest BCUT2D eigenvalue weighted by Gasteiger charge is -2.15. The molecule has 1 aliphatic carbocycles. The van der Waals surface area contributed by atoms with Gasteiger partial charge in [0, 0.05) is 30.6 Å². The average molecular weight is 235 g/mol. The first-order valence-corrected chi connectivity index (χ1v) is 6.00. The summed E-state index contributed by atoms with van der Waals surface area (Å²) in [7, 11) is 2.05. The smallest absolute Gasteiger partial charge is 0.0661 e. The van der Waals surface area contributed by atoms with Crippen molar-refractivity contribution in [2.75, 3.05) is 6.54 Å². The van der Waals surface area contributed by atoms with E-state index in [9.17, 15) is 0 Å². The van der Waals surface area contributed by atoms with E-state index >= 15 is 0 Å². The number of benzene rings is 1. The third kappa shape index (κ3) is 1.23. The maximum absolute atomic E-state index is 6.21. The Bertz CT molecular complexity index is 552. The SMILES string of the molecule is Cn1cc(Cl)c2cccc(C3(CN)CC3)c21. The number of aromatic nitrogens is 1. The molecule has 1 saturated carbocycles. The summed E-state index contributed by atoms with van der Waals surface area (Å²) in [6.45, 7) is 0.731. The van der Waals surface area contributed by atoms with Crippen LogP contribution in [0.25, 0.3) is 10.9 Å². The highest BCUT2D eigenvalue weighted by atomic mass is 35.5. The highest BCUT2D eigenvalue weighted by Crippen LogP contribution is 2.49. The van der Waals surface area contributed by atoms with Crippen molar-refractivity contribution in [1.29, 1.82) is 0 Å². The monoisotopic (exact) mass is 234 g/mol. The maximum Gasteiger partial charge on any atom is 0.0661 e. The number of hydrogen-bond donors (Lipinski definition) is 1. The van der Waals surface area contributed by atoms with Gasteiger partial charge in [-0.15, -0.1) is 0 Å². The number of para-hydroxylation sites is 1. The third-order valence-electron chi connectivity index (χ3n) is 3.77. The van der Waals surface area contributed by atoms with E-state index in [-0.39, 0.29) is 5.41 Å². The molecule has 3 rings (SSSR count). The molecule has 3 heteroatoms. The molecule has 2 nitrogen and oxygen atoms in total. The van der Waals surface area contributed by atoms with Gasteiger partial charge in [-0.1, -0.05) is 29.8 Å². The summed E-state index contributed by atoms with van der Waals surface area (Å²) >= 11 is 6.21. The number of rotatable bonds is 2. The Kier molecular flexibility index (Phi) is 2.07. The molecule has 84 valence electrons. The van der Waals surface area contributed by atoms with Crippen LogP contribution < -0.4 is 5.73 Å². The van der Waals surface area contributed by atoms with Gasteiger partial charge < -0.3 is 10.3 Å². The molecule has 16 heavy (non-hydrogen) atoms. The Morgan fingerprint density at radius 1 is 1.44 bits per heavy atom. The quantitative estimate of drug-likeness (QED) is 0.851. The molecule has 0 saturated heterocycles. The minimum atomic E-state index is 0.217. The van der Waals surface area contributed by atoms with Gasteiger partial charge >= 0.3 is 0 Å². The molecule has 2 aromatic rings. The molecule has 0 atom stereocenters. The second-order valence-electron chi connectivity index (χ2n) is 4.77. The van der Waals surface area contributed by atoms with Gasteiger partial charge in [0.2, 0.25) is 0 Å². The average Bonchev–Trinajstić information content (AvgIpc) is 3.03. The summed E-state index contributed by atoms with van der Waals surface area (Å²) in [5, 5.41) is 1.97. The van der Waals surface area contributed by atoms with Crippen LogP contribution in [0.4, 0.5) is 0 Å². The van der Waals surface area contributed by atoms with Gasteiger partial charge in [0.25, 0.3) is 0 Å². The highest BCUT2D eigenvalue weighted by Gasteiger charge is 2.44. The highest BCUT2D eigenvalue weighted by molar-refractivity contribution is 6.35. The summed E-state index contributed by atoms with van der Waals surface area (Å²) in [5.74, 6) is 0. The molecule has 0 bridgehead atoms. The predicted molar refractivity (Wildman–Crippen MR) is 67.9 cm³/mol. The zero-order valence-electron chi connectivity index (χ0n) is 9.33. The van der Waals surface area contributed by atoms with Crippen molar-refractivity contribution >= 4 is 22.5 Å². The second kappa shape index (κ2) is 3.25. The van der Waals surface area contributed by atoms with Crippen LogP contribution in [-0.2, 0) is 12.5 Å². The number of nitrogens with two attached hydrogens (primary N) is 1. The van der Waals surface area contributed by atoms with Gasteiger partial charge in [-0.3, -0.25) is 0 Å². The first kappa shape index (κ1) is 10.2. The molecule has 2 N–H and O–H groups in total. The molecular weight excluding hydrogens is 220 g/mol. The van der Waals surface area contributed by atoms with E-state index in [1.807, 2.05) is 13.2 Å². The van der Waals surface area contributed by atoms with Crippen LogP contribution in [0.3, 0.4) is 0 Å². The topological polar surface area (TPSA) is 30.9 Å². The normalized spacial score (nSPS) is 17.9. The Morgan fingerprint density at radius 3 is 2.81 bits per heavy atom. The van der Waals surface area contributed by atoms with E-state index in [4.69, 9.17) is 17.3 Å². The molecule has 1 aromatic heterocycles. The Labute approximate surface area is 100.0 Å². The second-order valence-corrected chi connectivity index (χ2v) is 5.18. The zero-order valence-corrected chi connectivity index (χ0v) is 10.1. The molecule has 0 spiro atoms. The lowest BCUT2D eigenvalue weighted by Crippen LogP contribution is -2.20. The molecule has 0 unspecified atom stereocenters. The summed E-state index contributed by atoms with van der Waals surface area (Å²) in [5.41, 5.74) is 8.73. The Balaban J connectivity index is 2.33. The number of hydrogen-bond acceptors (Lipinski definition) is 1. The lowest BCUT2D eigenvalue weighted by atomic mass is 9.94. The van der Waals surface area contributed by atoms with Gasteiger partial charge in [-0.05, 0) is 18.4 Å². The Hall–Kier alpha value is -0.990. The zero-order chi connectivity index (χ0) is 11.3. The van der Waals surface area contributed by atoms with Crippen molar-refractivity contribution in [3.63, 3.8) is 0 Å². The summed E-state index contributed by atoms with van der Waals surface area (Å²) in [6.07, 6.45) is 4.37. The van der Waals surface area contributed by atoms with Gasteiger partial charge in [-0.25, -0.2) is 0 Å². The minimum absolute atomic E-state index is 0.217. The molecule has 0 radical (unpaired) electrons. The van der Waals surface area contributed by atoms with Crippen molar-refractivity contribution in [3.8, 4) is 0 Å². The molecular formula is C13H15ClN2. The molecule has 1 fully saturated rings. The van der Waals surface area contributed by atoms with Gasteiger partial charge in [0.15, 0.2) is 0 Å². The van der Waals surface area contributed by atoms with Crippen molar-refractivity contribution in [2.24, 2.45) is 12.8 Å². The maximum atomic E-state index is 6.21. The lowest BCUT2D eigenvalue weighted by molar-refractivity contribution is 0.706. The first-order chi connectivity index (χ1) is 7.68. The largest absolute Gasteiger partial charge is 0.349 e. The fourth-order valence-corrected chi connectivity index (χ4v) is 2.88. The minimum Gasteiger partial charge on any atom is -0.349 e. The van der Waals surface area contributed by atoms with Crippen LogP contribution in [0.2, 0.25) is 5.02 Å². The number of nitrogens with zero attached hydrogens (tertiary/aromatic N) is 1. The molecule has 1 aromatic carbocycles. The van der Waals surface area contributed by atoms with Gasteiger partial charge in [0.1, 0.15) is 0 Å². The van der Waals surface area contributed by atoms with Crippen LogP contribution >= 0.6 is 11.6 Å². The summed E-state index contributed by atoms with van der Waals surface area (Å²) < 4.78 is 2.11. The van der Waals surface area contributed by atoms with Crippen LogP contribution in [0.5, 0.6) is 0 Å². The van der Waals surface area contributed by atoms with Crippen molar-refractivity contribution in [2.45, 2.75) is 18.3 Å². The number of aryl methyl sites for hydroxylation is 1. The van der Waals surface area contributed by atoms with Crippen LogP contribution in [0.15, 0.2) is 24.4 Å². The standard InChI is InChI=1S/C13H15ClN2/c1-16-7-11(14)9-3-2-4-10(12(9)16)13(8-15)5-6-13/h2-4,7H,5-6,8,15H2,1H3. The van der Waals surface area contributed by atoms with E-state index in [0.29, 0.717) is 0 Å². The third-order valence-corrected chi connectivity index (χ3v) is 4.07. The van der Waals surface area contributed by atoms with Crippen molar-refractivity contribution < 1.29 is 0 Å². The molecule has 1 aliphatic rings. The predicted octanol–water partition coefficient (Wildman–Crippen LogP) is 2.82. The van der Waals surface area contributed by atoms with Crippen molar-refractivity contribution in [1.82, 2.24) is 4.57 Å². The molecule has 1 heterocycles. The summed E-state index contributed by atoms with van der Waals surface area (Å²) in [4.78, 5) is 0. The molecule has 0 aliphatic heterocycles. The van der Waals surface area contributed by atoms with Crippen molar-refractivity contribution in [3.05, 3.63) is 35.0 Å². The summed E-state index contributed by atoms with van der Waals surface area (Å²) in [6, 6.07) is 6.35. The Morgan fingerprint density at radius 2 is 2.19 bits per heavy atom. The van der Waals surface area contributed by atoms with Crippen LogP contribution in [0, 0.1) is 0 Å². The van der Waals surface area contributed by atoms with Gasteiger partial charge in [-0.2, -0.15) is 0 Å². The van der Waals surface area contributed by atoms with E-state index in [2.05, 4.69) is 22.8 Å².